The molecule has 1 fully saturated rings. The zero-order chi connectivity index (χ0) is 32.6. The Bertz CT molecular complexity index is 1120. The molecule has 1 N–H and O–H groups in total. The van der Waals surface area contributed by atoms with E-state index in [9.17, 15) is 24.0 Å². The number of nitrogens with one attached hydrogen (secondary N) is 1. The molecule has 0 aromatic heterocycles. The van der Waals surface area contributed by atoms with Crippen molar-refractivity contribution in [3.63, 3.8) is 0 Å². The quantitative estimate of drug-likeness (QED) is 0.153. The number of hydrogen-bond acceptors (Lipinski definition) is 12. The van der Waals surface area contributed by atoms with E-state index in [2.05, 4.69) is 12.2 Å². The molecule has 246 valence electrons. The summed E-state index contributed by atoms with van der Waals surface area (Å²) in [5, 5.41) is 2.91. The van der Waals surface area contributed by atoms with Crippen LogP contribution in [0.2, 0.25) is 0 Å². The van der Waals surface area contributed by atoms with Crippen LogP contribution in [0.5, 0.6) is 11.5 Å². The van der Waals surface area contributed by atoms with Gasteiger partial charge in [0.15, 0.2) is 23.7 Å². The molecule has 13 nitrogen and oxygen atoms in total. The first-order valence-electron chi connectivity index (χ1n) is 14.9. The maximum absolute atomic E-state index is 12.3. The van der Waals surface area contributed by atoms with Gasteiger partial charge in [0.1, 0.15) is 12.7 Å². The Labute approximate surface area is 258 Å². The van der Waals surface area contributed by atoms with Gasteiger partial charge in [-0.1, -0.05) is 45.1 Å². The second-order valence-corrected chi connectivity index (χ2v) is 10.5. The summed E-state index contributed by atoms with van der Waals surface area (Å²) in [6.45, 7) is 6.65. The molecule has 0 spiro atoms. The van der Waals surface area contributed by atoms with Crippen LogP contribution in [0.25, 0.3) is 0 Å². The Hall–Kier alpha value is -3.87. The fourth-order valence-electron chi connectivity index (χ4n) is 4.68. The van der Waals surface area contributed by atoms with Gasteiger partial charge in [0.25, 0.3) is 0 Å². The van der Waals surface area contributed by atoms with E-state index in [0.717, 1.165) is 45.6 Å². The molecular formula is C31H45NO12. The van der Waals surface area contributed by atoms with Gasteiger partial charge in [0.05, 0.1) is 7.11 Å². The number of unbranched alkanes of at least 4 members (excludes halogenated alkanes) is 5. The topological polar surface area (TPSA) is 162 Å². The number of esters is 4. The molecule has 1 aliphatic heterocycles. The molecule has 1 amide bonds. The third-order valence-electron chi connectivity index (χ3n) is 6.67. The second-order valence-electron chi connectivity index (χ2n) is 10.5. The van der Waals surface area contributed by atoms with E-state index in [-0.39, 0.29) is 30.6 Å². The average Bonchev–Trinajstić information content (AvgIpc) is 2.95. The number of benzene rings is 1. The molecule has 0 radical (unpaired) electrons. The number of carbonyl (C=O) groups is 5. The van der Waals surface area contributed by atoms with Crippen LogP contribution < -0.4 is 14.8 Å². The molecule has 1 aliphatic rings. The van der Waals surface area contributed by atoms with Crippen LogP contribution >= 0.6 is 0 Å². The van der Waals surface area contributed by atoms with Gasteiger partial charge >= 0.3 is 23.9 Å². The van der Waals surface area contributed by atoms with Crippen LogP contribution in [0.3, 0.4) is 0 Å². The summed E-state index contributed by atoms with van der Waals surface area (Å²) in [6, 6.07) is 4.97. The van der Waals surface area contributed by atoms with Gasteiger partial charge in [-0.05, 0) is 24.1 Å². The molecule has 0 bridgehead atoms. The fourth-order valence-corrected chi connectivity index (χ4v) is 4.68. The fraction of sp³-hybridized carbons (Fsp3) is 0.645. The minimum Gasteiger partial charge on any atom is -0.493 e. The molecule has 44 heavy (non-hydrogen) atoms. The molecule has 5 atom stereocenters. The Morgan fingerprint density at radius 1 is 0.773 bits per heavy atom. The van der Waals surface area contributed by atoms with Crippen molar-refractivity contribution in [2.75, 3.05) is 13.7 Å². The van der Waals surface area contributed by atoms with Crippen molar-refractivity contribution in [2.24, 2.45) is 0 Å². The van der Waals surface area contributed by atoms with Gasteiger partial charge in [-0.25, -0.2) is 0 Å². The summed E-state index contributed by atoms with van der Waals surface area (Å²) in [5.74, 6) is -2.45. The van der Waals surface area contributed by atoms with E-state index < -0.39 is 54.6 Å². The largest absolute Gasteiger partial charge is 0.493 e. The zero-order valence-electron chi connectivity index (χ0n) is 26.4. The first-order chi connectivity index (χ1) is 20.9. The van der Waals surface area contributed by atoms with Gasteiger partial charge < -0.3 is 38.5 Å². The van der Waals surface area contributed by atoms with Crippen LogP contribution in [-0.2, 0) is 54.2 Å². The normalized spacial score (nSPS) is 21.0. The Kier molecular flexibility index (Phi) is 15.5. The summed E-state index contributed by atoms with van der Waals surface area (Å²) in [7, 11) is 1.43. The second kappa shape index (κ2) is 18.7. The van der Waals surface area contributed by atoms with Gasteiger partial charge in [-0.2, -0.15) is 0 Å². The highest BCUT2D eigenvalue weighted by atomic mass is 16.7. The maximum atomic E-state index is 12.3. The van der Waals surface area contributed by atoms with Crippen LogP contribution in [0.1, 0.15) is 85.1 Å². The Morgan fingerprint density at radius 3 is 2.00 bits per heavy atom. The number of methoxy groups -OCH3 is 1. The molecule has 1 saturated heterocycles. The van der Waals surface area contributed by atoms with Crippen molar-refractivity contribution in [3.8, 4) is 11.5 Å². The summed E-state index contributed by atoms with van der Waals surface area (Å²) in [6.07, 6.45) is 0.377. The molecule has 1 aromatic carbocycles. The highest BCUT2D eigenvalue weighted by Crippen LogP contribution is 2.35. The van der Waals surface area contributed by atoms with Crippen molar-refractivity contribution < 1.29 is 57.1 Å². The number of carbonyl (C=O) groups excluding carboxylic acids is 5. The molecule has 0 saturated carbocycles. The van der Waals surface area contributed by atoms with Gasteiger partial charge in [-0.3, -0.25) is 24.0 Å². The SMILES string of the molecule is CCCCCCCCC(=O)NCc1ccc(O[C@H]2O[C@H](COC(C)=O)[C@@H](OC(C)=O)[C@H](OC(C)=O)[C@H]2OC(C)=O)c(OC)c1. The van der Waals surface area contributed by atoms with Gasteiger partial charge in [0, 0.05) is 40.7 Å². The molecule has 1 heterocycles. The smallest absolute Gasteiger partial charge is 0.303 e. The molecule has 1 aromatic rings. The van der Waals surface area contributed by atoms with Crippen molar-refractivity contribution in [3.05, 3.63) is 23.8 Å². The third-order valence-corrected chi connectivity index (χ3v) is 6.67. The van der Waals surface area contributed by atoms with Gasteiger partial charge in [-0.15, -0.1) is 0 Å². The van der Waals surface area contributed by atoms with Crippen LogP contribution in [0.4, 0.5) is 0 Å². The maximum Gasteiger partial charge on any atom is 0.303 e. The highest BCUT2D eigenvalue weighted by molar-refractivity contribution is 5.75. The number of amides is 1. The van der Waals surface area contributed by atoms with Crippen molar-refractivity contribution >= 4 is 29.8 Å². The first kappa shape index (κ1) is 36.3. The Morgan fingerprint density at radius 2 is 1.39 bits per heavy atom. The summed E-state index contributed by atoms with van der Waals surface area (Å²) in [4.78, 5) is 59.9. The molecule has 2 rings (SSSR count). The molecule has 0 aliphatic carbocycles. The van der Waals surface area contributed by atoms with E-state index in [4.69, 9.17) is 33.2 Å². The number of ether oxygens (including phenoxy) is 7. The third kappa shape index (κ3) is 12.4. The van der Waals surface area contributed by atoms with E-state index in [1.807, 2.05) is 0 Å². The lowest BCUT2D eigenvalue weighted by Crippen LogP contribution is -2.63. The predicted molar refractivity (Wildman–Crippen MR) is 155 cm³/mol. The van der Waals surface area contributed by atoms with Crippen LogP contribution in [0.15, 0.2) is 18.2 Å². The summed E-state index contributed by atoms with van der Waals surface area (Å²) < 4.78 is 38.9. The standard InChI is InChI=1S/C31H45NO12/c1-7-8-9-10-11-12-13-27(37)32-17-23-14-15-24(25(16-23)38-6)43-31-30(42-22(5)36)29(41-21(4)35)28(40-20(3)34)26(44-31)18-39-19(2)33/h14-16,26,28-31H,7-13,17-18H2,1-6H3,(H,32,37)/t26-,28-,29+,30-,31+/m1/s1. The van der Waals surface area contributed by atoms with E-state index in [1.165, 1.54) is 33.3 Å². The van der Waals surface area contributed by atoms with E-state index in [1.54, 1.807) is 18.2 Å². The molecular weight excluding hydrogens is 578 g/mol. The van der Waals surface area contributed by atoms with Gasteiger partial charge in [0.2, 0.25) is 18.3 Å². The number of hydrogen-bond donors (Lipinski definition) is 1. The molecule has 13 heteroatoms. The minimum absolute atomic E-state index is 0.0442. The monoisotopic (exact) mass is 623 g/mol. The Balaban J connectivity index is 2.24. The van der Waals surface area contributed by atoms with Crippen molar-refractivity contribution in [1.29, 1.82) is 0 Å². The van der Waals surface area contributed by atoms with Crippen molar-refractivity contribution in [2.45, 2.75) is 117 Å². The average molecular weight is 624 g/mol. The lowest BCUT2D eigenvalue weighted by atomic mass is 9.98. The lowest BCUT2D eigenvalue weighted by molar-refractivity contribution is -0.288. The summed E-state index contributed by atoms with van der Waals surface area (Å²) >= 11 is 0. The molecule has 0 unspecified atom stereocenters. The number of rotatable bonds is 17. The van der Waals surface area contributed by atoms with Crippen LogP contribution in [-0.4, -0.2) is 74.2 Å². The summed E-state index contributed by atoms with van der Waals surface area (Å²) in [5.41, 5.74) is 0.743. The van der Waals surface area contributed by atoms with E-state index in [0.29, 0.717) is 6.42 Å². The minimum atomic E-state index is -1.41. The van der Waals surface area contributed by atoms with Crippen LogP contribution in [0, 0.1) is 0 Å². The zero-order valence-corrected chi connectivity index (χ0v) is 26.4. The van der Waals surface area contributed by atoms with E-state index >= 15 is 0 Å². The first-order valence-corrected chi connectivity index (χ1v) is 14.9. The lowest BCUT2D eigenvalue weighted by Gasteiger charge is -2.44. The van der Waals surface area contributed by atoms with Crippen molar-refractivity contribution in [1.82, 2.24) is 5.32 Å². The predicted octanol–water partition coefficient (Wildman–Crippen LogP) is 3.52. The highest BCUT2D eigenvalue weighted by Gasteiger charge is 2.53.